The molecule has 0 bridgehead atoms. The van der Waals surface area contributed by atoms with E-state index in [1.807, 2.05) is 61.7 Å². The molecular formula is C28H19ClN6O2S. The number of carbonyl (C=O) groups is 2. The molecule has 5 aromatic rings. The van der Waals surface area contributed by atoms with Crippen molar-refractivity contribution in [3.05, 3.63) is 95.7 Å². The van der Waals surface area contributed by atoms with Crippen LogP contribution in [-0.4, -0.2) is 42.8 Å². The van der Waals surface area contributed by atoms with Crippen molar-refractivity contribution < 1.29 is 9.59 Å². The summed E-state index contributed by atoms with van der Waals surface area (Å²) in [6.07, 6.45) is 8.64. The molecule has 1 N–H and O–H groups in total. The summed E-state index contributed by atoms with van der Waals surface area (Å²) < 4.78 is 1.74. The Balaban J connectivity index is 1.28. The fourth-order valence-electron chi connectivity index (χ4n) is 5.16. The van der Waals surface area contributed by atoms with E-state index >= 15 is 0 Å². The highest BCUT2D eigenvalue weighted by atomic mass is 35.5. The normalized spacial score (nSPS) is 19.1. The van der Waals surface area contributed by atoms with Gasteiger partial charge in [0.15, 0.2) is 5.65 Å². The van der Waals surface area contributed by atoms with Gasteiger partial charge in [-0.1, -0.05) is 48.0 Å². The maximum absolute atomic E-state index is 13.8. The largest absolute Gasteiger partial charge is 0.329 e. The minimum atomic E-state index is -0.537. The van der Waals surface area contributed by atoms with E-state index in [1.54, 1.807) is 16.9 Å². The Kier molecular flexibility index (Phi) is 5.24. The van der Waals surface area contributed by atoms with Gasteiger partial charge in [0.25, 0.3) is 5.91 Å². The summed E-state index contributed by atoms with van der Waals surface area (Å²) >= 11 is 8.18. The van der Waals surface area contributed by atoms with Crippen molar-refractivity contribution >= 4 is 62.3 Å². The number of nitrogens with one attached hydrogen (secondary N) is 1. The lowest BCUT2D eigenvalue weighted by Crippen LogP contribution is -2.60. The van der Waals surface area contributed by atoms with E-state index in [-0.39, 0.29) is 5.91 Å². The second-order valence-electron chi connectivity index (χ2n) is 9.20. The fourth-order valence-corrected chi connectivity index (χ4v) is 6.83. The average molecular weight is 539 g/mol. The number of hydrogen-bond acceptors (Lipinski definition) is 6. The number of thioether (sulfide) groups is 1. The summed E-state index contributed by atoms with van der Waals surface area (Å²) in [4.78, 5) is 37.6. The fraction of sp³-hybridized carbons (Fsp3) is 0.107. The van der Waals surface area contributed by atoms with Gasteiger partial charge in [-0.15, -0.1) is 11.8 Å². The van der Waals surface area contributed by atoms with Crippen molar-refractivity contribution in [2.45, 2.75) is 18.2 Å². The van der Waals surface area contributed by atoms with Crippen LogP contribution in [0.2, 0.25) is 5.02 Å². The number of pyridine rings is 2. The first kappa shape index (κ1) is 22.9. The van der Waals surface area contributed by atoms with Crippen LogP contribution in [-0.2, 0) is 4.79 Å². The first-order valence-electron chi connectivity index (χ1n) is 11.9. The zero-order valence-corrected chi connectivity index (χ0v) is 21.6. The van der Waals surface area contributed by atoms with Gasteiger partial charge in [0.1, 0.15) is 11.6 Å². The molecule has 2 unspecified atom stereocenters. The molecule has 38 heavy (non-hydrogen) atoms. The standard InChI is InChI=1S/C28H19ClN6O2S/c1-15-9-17(13-34-26(15)31-14-32-34)19-7-4-8-20(29)24(19)23-10-21-25(38-23)27(36)35(28(37)33-21)22-12-30-11-16-5-2-3-6-18(16)22/h2-14,21,25H,1H3,(H,33,37). The zero-order valence-electron chi connectivity index (χ0n) is 20.0. The second-order valence-corrected chi connectivity index (χ2v) is 10.8. The highest BCUT2D eigenvalue weighted by Gasteiger charge is 2.46. The number of aromatic nitrogens is 4. The van der Waals surface area contributed by atoms with E-state index < -0.39 is 17.3 Å². The number of anilines is 1. The van der Waals surface area contributed by atoms with Crippen LogP contribution < -0.4 is 10.2 Å². The predicted octanol–water partition coefficient (Wildman–Crippen LogP) is 5.49. The lowest BCUT2D eigenvalue weighted by Gasteiger charge is -2.33. The van der Waals surface area contributed by atoms with E-state index in [9.17, 15) is 9.59 Å². The van der Waals surface area contributed by atoms with Gasteiger partial charge in [-0.05, 0) is 36.3 Å². The van der Waals surface area contributed by atoms with Crippen molar-refractivity contribution in [1.82, 2.24) is 24.9 Å². The number of halogens is 1. The van der Waals surface area contributed by atoms with Gasteiger partial charge in [0.2, 0.25) is 0 Å². The van der Waals surface area contributed by atoms with Crippen LogP contribution in [0.15, 0.2) is 79.5 Å². The third kappa shape index (κ3) is 3.50. The molecule has 2 aliphatic rings. The minimum absolute atomic E-state index is 0.290. The van der Waals surface area contributed by atoms with Crippen LogP contribution in [0.5, 0.6) is 0 Å². The molecule has 10 heteroatoms. The number of rotatable bonds is 3. The molecular weight excluding hydrogens is 520 g/mol. The van der Waals surface area contributed by atoms with E-state index in [0.29, 0.717) is 10.7 Å². The molecule has 0 radical (unpaired) electrons. The molecule has 2 atom stereocenters. The number of carbonyl (C=O) groups excluding carboxylic acids is 2. The van der Waals surface area contributed by atoms with Gasteiger partial charge >= 0.3 is 6.03 Å². The third-order valence-electron chi connectivity index (χ3n) is 6.89. The number of aryl methyl sites for hydroxylation is 1. The van der Waals surface area contributed by atoms with Crippen molar-refractivity contribution in [3.8, 4) is 11.1 Å². The number of fused-ring (bicyclic) bond motifs is 3. The quantitative estimate of drug-likeness (QED) is 0.327. The molecule has 2 aromatic carbocycles. The van der Waals surface area contributed by atoms with Crippen LogP contribution in [0, 0.1) is 6.92 Å². The smallest absolute Gasteiger partial charge is 0.329 e. The summed E-state index contributed by atoms with van der Waals surface area (Å²) in [5.41, 5.74) is 4.88. The SMILES string of the molecule is Cc1cc(-c2cccc(Cl)c2C2=CC3NC(=O)N(c4cncc5ccccc45)C(=O)C3S2)cn2ncnc12. The number of imide groups is 1. The lowest BCUT2D eigenvalue weighted by molar-refractivity contribution is -0.118. The molecule has 186 valence electrons. The van der Waals surface area contributed by atoms with Crippen molar-refractivity contribution in [1.29, 1.82) is 0 Å². The number of benzene rings is 2. The highest BCUT2D eigenvalue weighted by Crippen LogP contribution is 2.47. The van der Waals surface area contributed by atoms with Crippen LogP contribution in [0.25, 0.3) is 32.5 Å². The van der Waals surface area contributed by atoms with Gasteiger partial charge in [-0.2, -0.15) is 5.10 Å². The Morgan fingerprint density at radius 1 is 1.08 bits per heavy atom. The van der Waals surface area contributed by atoms with Crippen LogP contribution in [0.1, 0.15) is 11.1 Å². The van der Waals surface area contributed by atoms with Gasteiger partial charge in [0.05, 0.1) is 17.9 Å². The molecule has 0 aliphatic carbocycles. The van der Waals surface area contributed by atoms with E-state index in [1.165, 1.54) is 23.0 Å². The minimum Gasteiger partial charge on any atom is -0.329 e. The van der Waals surface area contributed by atoms with E-state index in [2.05, 4.69) is 26.4 Å². The monoisotopic (exact) mass is 538 g/mol. The molecule has 0 saturated carbocycles. The number of hydrogen-bond donors (Lipinski definition) is 1. The van der Waals surface area contributed by atoms with Crippen molar-refractivity contribution in [2.75, 3.05) is 4.90 Å². The molecule has 8 nitrogen and oxygen atoms in total. The first-order valence-corrected chi connectivity index (χ1v) is 13.2. The highest BCUT2D eigenvalue weighted by molar-refractivity contribution is 8.09. The second kappa shape index (κ2) is 8.68. The summed E-state index contributed by atoms with van der Waals surface area (Å²) in [5.74, 6) is -0.290. The first-order chi connectivity index (χ1) is 18.5. The van der Waals surface area contributed by atoms with Gasteiger partial charge in [-0.25, -0.2) is 19.2 Å². The Morgan fingerprint density at radius 3 is 2.84 bits per heavy atom. The molecule has 3 amide bonds. The molecule has 3 aromatic heterocycles. The Labute approximate surface area is 226 Å². The Bertz CT molecular complexity index is 1830. The van der Waals surface area contributed by atoms with Gasteiger partial charge in [-0.3, -0.25) is 9.78 Å². The van der Waals surface area contributed by atoms with E-state index in [4.69, 9.17) is 11.6 Å². The summed E-state index contributed by atoms with van der Waals surface area (Å²) in [6.45, 7) is 1.99. The molecule has 5 heterocycles. The molecule has 0 spiro atoms. The summed E-state index contributed by atoms with van der Waals surface area (Å²) in [5, 5.41) is 8.97. The number of amides is 3. The maximum Gasteiger partial charge on any atom is 0.329 e. The lowest BCUT2D eigenvalue weighted by atomic mass is 9.98. The zero-order chi connectivity index (χ0) is 26.0. The molecule has 1 fully saturated rings. The molecule has 1 saturated heterocycles. The number of urea groups is 1. The summed E-state index contributed by atoms with van der Waals surface area (Å²) in [7, 11) is 0. The average Bonchev–Trinajstić information content (AvgIpc) is 3.56. The Hall–Kier alpha value is -4.21. The van der Waals surface area contributed by atoms with E-state index in [0.717, 1.165) is 43.6 Å². The third-order valence-corrected chi connectivity index (χ3v) is 8.54. The summed E-state index contributed by atoms with van der Waals surface area (Å²) in [6, 6.07) is 14.4. The van der Waals surface area contributed by atoms with Gasteiger partial charge in [0, 0.05) is 44.2 Å². The van der Waals surface area contributed by atoms with Crippen LogP contribution >= 0.6 is 23.4 Å². The predicted molar refractivity (Wildman–Crippen MR) is 149 cm³/mol. The molecule has 7 rings (SSSR count). The Morgan fingerprint density at radius 2 is 1.95 bits per heavy atom. The van der Waals surface area contributed by atoms with Crippen molar-refractivity contribution in [3.63, 3.8) is 0 Å². The van der Waals surface area contributed by atoms with Gasteiger partial charge < -0.3 is 5.32 Å². The maximum atomic E-state index is 13.8. The molecule has 2 aliphatic heterocycles. The van der Waals surface area contributed by atoms with Crippen molar-refractivity contribution in [2.24, 2.45) is 0 Å². The number of nitrogens with zero attached hydrogens (tertiary/aromatic N) is 5. The topological polar surface area (TPSA) is 92.5 Å². The van der Waals surface area contributed by atoms with Crippen LogP contribution in [0.4, 0.5) is 10.5 Å². The van der Waals surface area contributed by atoms with Crippen LogP contribution in [0.3, 0.4) is 0 Å².